The summed E-state index contributed by atoms with van der Waals surface area (Å²) in [5.74, 6) is -11.0. The minimum absolute atomic E-state index is 0.0106. The van der Waals surface area contributed by atoms with Crippen LogP contribution in [-0.4, -0.2) is 139 Å². The van der Waals surface area contributed by atoms with E-state index in [0.29, 0.717) is 86.9 Å². The molecule has 8 rings (SSSR count). The molecule has 770 valence electrons. The number of rotatable bonds is 46. The van der Waals surface area contributed by atoms with Crippen LogP contribution in [0.15, 0.2) is 146 Å². The molecule has 0 saturated carbocycles. The van der Waals surface area contributed by atoms with Crippen LogP contribution in [0.1, 0.15) is 313 Å². The van der Waals surface area contributed by atoms with Gasteiger partial charge in [-0.05, 0) is 261 Å². The topological polar surface area (TPSA) is 372 Å². The molecular weight excluding hydrogens is 1840 g/mol. The molecule has 0 radical (unpaired) electrons. The molecule has 0 aliphatic carbocycles. The molecule has 8 aromatic carbocycles. The van der Waals surface area contributed by atoms with E-state index in [4.69, 9.17) is 74.0 Å². The Morgan fingerprint density at radius 3 is 0.719 bits per heavy atom. The molecule has 0 aliphatic heterocycles. The maximum absolute atomic E-state index is 13.6. The fourth-order valence-corrected chi connectivity index (χ4v) is 11.3. The molecule has 8 N–H and O–H groups in total. The number of benzene rings is 8. The van der Waals surface area contributed by atoms with Gasteiger partial charge in [0.25, 0.3) is 0 Å². The summed E-state index contributed by atoms with van der Waals surface area (Å²) in [7, 11) is 0. The Morgan fingerprint density at radius 2 is 0.468 bits per heavy atom. The van der Waals surface area contributed by atoms with Crippen LogP contribution >= 0.6 is 0 Å². The molecule has 0 aliphatic rings. The number of carboxylic acid groups (broad SMARTS) is 8. The number of aliphatic carboxylic acids is 8. The second-order valence-electron chi connectivity index (χ2n) is 34.9. The minimum atomic E-state index is -4.45. The zero-order valence-electron chi connectivity index (χ0n) is 82.4. The zero-order chi connectivity index (χ0) is 106. The van der Waals surface area contributed by atoms with Gasteiger partial charge >= 0.3 is 53.9 Å². The number of alkyl halides is 2. The average Bonchev–Trinajstić information content (AvgIpc) is 0.831. The van der Waals surface area contributed by atoms with Crippen molar-refractivity contribution in [2.75, 3.05) is 33.0 Å². The first kappa shape index (κ1) is 124. The van der Waals surface area contributed by atoms with Gasteiger partial charge in [-0.25, -0.2) is 54.3 Å². The van der Waals surface area contributed by atoms with Gasteiger partial charge in [0.05, 0.1) is 26.4 Å². The third-order valence-corrected chi connectivity index (χ3v) is 20.0. The van der Waals surface area contributed by atoms with Crippen molar-refractivity contribution in [3.05, 3.63) is 237 Å². The average molecular weight is 1970 g/mol. The predicted octanol–water partition coefficient (Wildman–Crippen LogP) is 26.5. The number of halogens is 10. The maximum atomic E-state index is 13.6. The number of unbranched alkanes of at least 4 members (excludes halogenated alkanes) is 6. The third kappa shape index (κ3) is 51.5. The van der Waals surface area contributed by atoms with Crippen molar-refractivity contribution < 1.29 is 161 Å². The highest BCUT2D eigenvalue weighted by molar-refractivity contribution is 5.77. The fourth-order valence-electron chi connectivity index (χ4n) is 11.3. The summed E-state index contributed by atoms with van der Waals surface area (Å²) in [6.07, 6.45) is 1.98. The van der Waals surface area contributed by atoms with Gasteiger partial charge in [-0.2, -0.15) is 8.78 Å². The van der Waals surface area contributed by atoms with Crippen molar-refractivity contribution >= 4 is 47.8 Å². The number of ether oxygens (including phenoxy) is 8. The molecule has 0 heterocycles. The molecule has 1 unspecified atom stereocenters. The van der Waals surface area contributed by atoms with Crippen LogP contribution in [-0.2, 0) is 38.4 Å². The summed E-state index contributed by atoms with van der Waals surface area (Å²) < 4.78 is 173. The molecule has 34 heteroatoms. The quantitative estimate of drug-likeness (QED) is 0.0130. The van der Waals surface area contributed by atoms with Gasteiger partial charge in [-0.3, -0.25) is 19.2 Å². The number of carboxylic acids is 8. The van der Waals surface area contributed by atoms with E-state index < -0.39 is 107 Å². The van der Waals surface area contributed by atoms with E-state index in [1.807, 2.05) is 83.1 Å². The van der Waals surface area contributed by atoms with Crippen molar-refractivity contribution in [1.29, 1.82) is 0 Å². The first-order valence-corrected chi connectivity index (χ1v) is 45.6. The van der Waals surface area contributed by atoms with E-state index >= 15 is 0 Å². The van der Waals surface area contributed by atoms with E-state index in [-0.39, 0.29) is 108 Å². The molecule has 8 aromatic rings. The lowest BCUT2D eigenvalue weighted by Crippen LogP contribution is -2.38. The van der Waals surface area contributed by atoms with Crippen LogP contribution in [0.3, 0.4) is 0 Å². The lowest BCUT2D eigenvalue weighted by Gasteiger charge is -2.22. The van der Waals surface area contributed by atoms with Crippen molar-refractivity contribution in [3.63, 3.8) is 0 Å². The van der Waals surface area contributed by atoms with Crippen LogP contribution in [0.4, 0.5) is 43.9 Å². The summed E-state index contributed by atoms with van der Waals surface area (Å²) in [6, 6.07) is 36.5. The highest BCUT2D eigenvalue weighted by atomic mass is 19.3. The molecule has 139 heavy (non-hydrogen) atoms. The molecule has 0 fully saturated rings. The largest absolute Gasteiger partial charge is 0.502 e. The number of hydrogen-bond donors (Lipinski definition) is 8. The second-order valence-corrected chi connectivity index (χ2v) is 34.9. The second kappa shape index (κ2) is 64.4. The van der Waals surface area contributed by atoms with Gasteiger partial charge in [0.15, 0.2) is 111 Å². The first-order valence-electron chi connectivity index (χ1n) is 45.6. The van der Waals surface area contributed by atoms with Gasteiger partial charge in [-0.1, -0.05) is 172 Å². The molecule has 0 bridgehead atoms. The first-order chi connectivity index (χ1) is 64.9. The van der Waals surface area contributed by atoms with Gasteiger partial charge < -0.3 is 78.7 Å². The standard InChI is InChI=1S/C16H23FO3.C15H21FO3.C14H19FO3.2C13H17FO3.C12H15FO3.C11H11F3O3.C11H13FO3/c1-12(2)13-8-9-14(17)15(11-13)20-10-6-4-3-5-7-16(18)19;1-11(2)12-7-8-13(16)14(10-12)19-9-5-3-4-6-15(17)18;1-10(2)11-6-7-12(15)13(9-11)18-8-4-3-5-14(16)17;1-8(2)9-5-6-10(14)11(7-9)17-13(3,4)12(15)16;1-9(2)10-5-6-11(14)12(8-10)17-7-3-4-13(15)16;1-7(2)9-4-5-10(13)11(6-9)16-8(3)12(14)15;1-6(2)7-3-4-8(12)9(5-7)17-11(13,14)10(15)16;1-7(2)8-3-4-9(12)10(5-8)15-6-11(13)14/h8-9,11-12H,3-7,10H2,1-2H3,(H,18,19);7-8,10-11H,3-6,9H2,1-2H3,(H,17,18);6-7,9-10H,3-5,8H2,1-2H3,(H,16,17);5-8H,1-4H3,(H,15,16);5-6,8-9H,3-4,7H2,1-2H3,(H,15,16);4-8H,1-3H3,(H,14,15);3-6H,1-2H3,(H,15,16);3-5,7H,6H2,1-2H3,(H,13,14). The van der Waals surface area contributed by atoms with Gasteiger partial charge in [-0.15, -0.1) is 0 Å². The summed E-state index contributed by atoms with van der Waals surface area (Å²) in [6.45, 7) is 36.7. The Labute approximate surface area is 807 Å². The molecule has 0 amide bonds. The smallest absolute Gasteiger partial charge is 0.491 e. The van der Waals surface area contributed by atoms with Crippen molar-refractivity contribution in [2.24, 2.45) is 0 Å². The van der Waals surface area contributed by atoms with Crippen LogP contribution in [0.25, 0.3) is 0 Å². The Balaban J connectivity index is 0.000000795. The highest BCUT2D eigenvalue weighted by Crippen LogP contribution is 2.34. The van der Waals surface area contributed by atoms with Crippen molar-refractivity contribution in [2.45, 2.75) is 287 Å². The van der Waals surface area contributed by atoms with Crippen molar-refractivity contribution in [1.82, 2.24) is 0 Å². The lowest BCUT2D eigenvalue weighted by atomic mass is 10.0. The summed E-state index contributed by atoms with van der Waals surface area (Å²) in [4.78, 5) is 83.2. The highest BCUT2D eigenvalue weighted by Gasteiger charge is 2.43. The summed E-state index contributed by atoms with van der Waals surface area (Å²) in [5, 5.41) is 68.1. The maximum Gasteiger partial charge on any atom is 0.502 e. The normalized spacial score (nSPS) is 11.1. The molecule has 0 spiro atoms. The van der Waals surface area contributed by atoms with Gasteiger partial charge in [0.1, 0.15) is 0 Å². The van der Waals surface area contributed by atoms with E-state index in [0.717, 1.165) is 83.2 Å². The van der Waals surface area contributed by atoms with Gasteiger partial charge in [0.2, 0.25) is 0 Å². The van der Waals surface area contributed by atoms with Crippen LogP contribution in [0, 0.1) is 46.5 Å². The van der Waals surface area contributed by atoms with E-state index in [9.17, 15) is 82.3 Å². The number of carbonyl (C=O) groups is 8. The Kier molecular flexibility index (Phi) is 57.6. The Bertz CT molecular complexity index is 5030. The van der Waals surface area contributed by atoms with E-state index in [2.05, 4.69) is 18.6 Å². The lowest BCUT2D eigenvalue weighted by molar-refractivity contribution is -0.211. The van der Waals surface area contributed by atoms with E-state index in [1.54, 1.807) is 92.7 Å². The van der Waals surface area contributed by atoms with Crippen LogP contribution in [0.2, 0.25) is 0 Å². The molecule has 0 saturated heterocycles. The predicted molar refractivity (Wildman–Crippen MR) is 507 cm³/mol. The molecule has 24 nitrogen and oxygen atoms in total. The molecular formula is C105H136F10O24. The third-order valence-electron chi connectivity index (χ3n) is 20.0. The Morgan fingerprint density at radius 1 is 0.259 bits per heavy atom. The summed E-state index contributed by atoms with van der Waals surface area (Å²) >= 11 is 0. The fraction of sp³-hybridized carbons (Fsp3) is 0.467. The number of hydrogen-bond acceptors (Lipinski definition) is 16. The molecule has 0 aromatic heterocycles. The minimum Gasteiger partial charge on any atom is -0.491 e. The SMILES string of the molecule is CC(C)c1ccc(F)c(OC(C)(C)C(=O)O)c1.CC(C)c1ccc(F)c(OC(F)(F)C(=O)O)c1.CC(C)c1ccc(F)c(OCC(=O)O)c1.CC(C)c1ccc(F)c(OCCCC(=O)O)c1.CC(C)c1ccc(F)c(OCCCCC(=O)O)c1.CC(C)c1ccc(F)c(OCCCCCC(=O)O)c1.CC(C)c1ccc(F)c(OCCCCCCC(=O)O)c1.CC(Oc1cc(C(C)C)ccc1F)C(=O)O. The van der Waals surface area contributed by atoms with Gasteiger partial charge in [0, 0.05) is 25.7 Å². The van der Waals surface area contributed by atoms with E-state index in [1.165, 1.54) is 75.4 Å². The van der Waals surface area contributed by atoms with Crippen LogP contribution < -0.4 is 37.9 Å². The zero-order valence-corrected chi connectivity index (χ0v) is 82.4. The Hall–Kier alpha value is -12.8. The summed E-state index contributed by atoms with van der Waals surface area (Å²) in [5.41, 5.74) is 5.98. The van der Waals surface area contributed by atoms with Crippen LogP contribution in [0.5, 0.6) is 46.0 Å². The van der Waals surface area contributed by atoms with Crippen molar-refractivity contribution in [3.8, 4) is 46.0 Å². The monoisotopic (exact) mass is 1970 g/mol. The molecule has 1 atom stereocenters.